The number of nitrogens with one attached hydrogen (secondary N) is 1. The molecule has 0 aliphatic carbocycles. The fraction of sp³-hybridized carbons (Fsp3) is 0.650. The van der Waals surface area contributed by atoms with Gasteiger partial charge in [0.1, 0.15) is 0 Å². The topological polar surface area (TPSA) is 58.2 Å². The quantitative estimate of drug-likeness (QED) is 0.674. The van der Waals surface area contributed by atoms with Gasteiger partial charge >= 0.3 is 0 Å². The van der Waals surface area contributed by atoms with E-state index < -0.39 is 0 Å². The minimum absolute atomic E-state index is 0.0514. The van der Waals surface area contributed by atoms with Crippen LogP contribution in [-0.4, -0.2) is 44.3 Å². The first-order chi connectivity index (χ1) is 12.1. The van der Waals surface area contributed by atoms with Crippen LogP contribution in [0, 0.1) is 0 Å². The van der Waals surface area contributed by atoms with Crippen LogP contribution in [0.15, 0.2) is 24.3 Å². The van der Waals surface area contributed by atoms with Gasteiger partial charge < -0.3 is 20.3 Å². The van der Waals surface area contributed by atoms with Crippen molar-refractivity contribution in [3.05, 3.63) is 24.3 Å². The Kier molecular flexibility index (Phi) is 8.22. The molecule has 1 fully saturated rings. The molecule has 25 heavy (non-hydrogen) atoms. The first kappa shape index (κ1) is 19.7. The maximum Gasteiger partial charge on any atom is 0.282 e. The Morgan fingerprint density at radius 3 is 2.48 bits per heavy atom. The number of benzene rings is 1. The fourth-order valence-corrected chi connectivity index (χ4v) is 3.04. The molecule has 1 amide bonds. The largest absolute Gasteiger partial charge is 0.379 e. The van der Waals surface area contributed by atoms with Gasteiger partial charge in [0.05, 0.1) is 19.3 Å². The highest BCUT2D eigenvalue weighted by atomic mass is 16.5. The molecule has 0 aromatic heterocycles. The molecule has 5 heteroatoms. The number of hydrogen-bond donors (Lipinski definition) is 2. The summed E-state index contributed by atoms with van der Waals surface area (Å²) >= 11 is 0. The van der Waals surface area contributed by atoms with Crippen molar-refractivity contribution in [1.82, 2.24) is 0 Å². The van der Waals surface area contributed by atoms with Crippen molar-refractivity contribution in [3.63, 3.8) is 0 Å². The van der Waals surface area contributed by atoms with Gasteiger partial charge in [-0.25, -0.2) is 0 Å². The molecule has 0 saturated carbocycles. The molecular weight excluding hydrogens is 314 g/mol. The van der Waals surface area contributed by atoms with Crippen LogP contribution in [-0.2, 0) is 9.53 Å². The van der Waals surface area contributed by atoms with Crippen LogP contribution in [0.3, 0.4) is 0 Å². The van der Waals surface area contributed by atoms with Crippen LogP contribution in [0.25, 0.3) is 0 Å². The molecule has 0 bridgehead atoms. The summed E-state index contributed by atoms with van der Waals surface area (Å²) in [6.45, 7) is 9.94. The van der Waals surface area contributed by atoms with E-state index in [1.165, 1.54) is 24.9 Å². The number of anilines is 2. The monoisotopic (exact) mass is 348 g/mol. The number of hydrogen-bond acceptors (Lipinski definition) is 3. The van der Waals surface area contributed by atoms with Crippen LogP contribution in [0.2, 0.25) is 0 Å². The standard InChI is InChI=1S/C20H33N3O2/c1-16(2)25-15-7-12-21-17(3)20(24)22-18-8-10-19(11-9-18)23-13-5-4-6-14-23/h8-11,16-17,21H,4-7,12-15H2,1-3H3,(H,22,24)/p+1/t17-/m0/s1. The van der Waals surface area contributed by atoms with Gasteiger partial charge in [0.15, 0.2) is 6.04 Å². The number of rotatable bonds is 9. The van der Waals surface area contributed by atoms with Crippen molar-refractivity contribution < 1.29 is 14.8 Å². The second-order valence-electron chi connectivity index (χ2n) is 7.17. The molecule has 0 radical (unpaired) electrons. The Bertz CT molecular complexity index is 510. The minimum atomic E-state index is -0.0965. The summed E-state index contributed by atoms with van der Waals surface area (Å²) in [5.74, 6) is 0.0514. The second kappa shape index (κ2) is 10.4. The highest BCUT2D eigenvalue weighted by molar-refractivity contribution is 5.93. The maximum absolute atomic E-state index is 12.3. The molecule has 0 spiro atoms. The van der Waals surface area contributed by atoms with Gasteiger partial charge in [0.25, 0.3) is 5.91 Å². The van der Waals surface area contributed by atoms with Crippen molar-refractivity contribution in [2.24, 2.45) is 0 Å². The Morgan fingerprint density at radius 2 is 1.84 bits per heavy atom. The molecule has 5 nitrogen and oxygen atoms in total. The summed E-state index contributed by atoms with van der Waals surface area (Å²) in [6.07, 6.45) is 5.11. The third kappa shape index (κ3) is 7.04. The average molecular weight is 349 g/mol. The van der Waals surface area contributed by atoms with Crippen molar-refractivity contribution in [2.45, 2.75) is 58.6 Å². The van der Waals surface area contributed by atoms with Gasteiger partial charge in [0.2, 0.25) is 0 Å². The number of piperidine rings is 1. The van der Waals surface area contributed by atoms with Crippen LogP contribution in [0.4, 0.5) is 11.4 Å². The van der Waals surface area contributed by atoms with E-state index in [0.717, 1.165) is 38.3 Å². The smallest absolute Gasteiger partial charge is 0.282 e. The molecule has 1 aromatic rings. The molecule has 3 N–H and O–H groups in total. The molecule has 1 atom stereocenters. The average Bonchev–Trinajstić information content (AvgIpc) is 2.62. The zero-order valence-corrected chi connectivity index (χ0v) is 16.0. The van der Waals surface area contributed by atoms with Crippen LogP contribution < -0.4 is 15.5 Å². The lowest BCUT2D eigenvalue weighted by Gasteiger charge is -2.28. The number of nitrogens with zero attached hydrogens (tertiary/aromatic N) is 1. The number of quaternary nitrogens is 1. The van der Waals surface area contributed by atoms with Gasteiger partial charge in [-0.2, -0.15) is 0 Å². The van der Waals surface area contributed by atoms with Gasteiger partial charge in [-0.1, -0.05) is 0 Å². The van der Waals surface area contributed by atoms with E-state index in [4.69, 9.17) is 4.74 Å². The number of amides is 1. The SMILES string of the molecule is CC(C)OCCC[NH2+][C@@H](C)C(=O)Nc1ccc(N2CCCCC2)cc1. The molecule has 1 heterocycles. The lowest BCUT2D eigenvalue weighted by Crippen LogP contribution is -2.91. The fourth-order valence-electron chi connectivity index (χ4n) is 3.04. The minimum Gasteiger partial charge on any atom is -0.379 e. The lowest BCUT2D eigenvalue weighted by molar-refractivity contribution is -0.673. The van der Waals surface area contributed by atoms with Gasteiger partial charge in [-0.3, -0.25) is 4.79 Å². The predicted molar refractivity (Wildman–Crippen MR) is 103 cm³/mol. The van der Waals surface area contributed by atoms with Crippen LogP contribution >= 0.6 is 0 Å². The molecule has 1 aliphatic rings. The van der Waals surface area contributed by atoms with E-state index in [-0.39, 0.29) is 18.1 Å². The van der Waals surface area contributed by atoms with E-state index in [9.17, 15) is 4.79 Å². The van der Waals surface area contributed by atoms with Gasteiger partial charge in [-0.15, -0.1) is 0 Å². The summed E-state index contributed by atoms with van der Waals surface area (Å²) in [5, 5.41) is 5.08. The van der Waals surface area contributed by atoms with Crippen LogP contribution in [0.1, 0.15) is 46.5 Å². The normalized spacial score (nSPS) is 16.1. The highest BCUT2D eigenvalue weighted by Crippen LogP contribution is 2.21. The molecule has 1 aromatic carbocycles. The number of carbonyl (C=O) groups excluding carboxylic acids is 1. The molecule has 0 unspecified atom stereocenters. The van der Waals surface area contributed by atoms with E-state index in [1.807, 2.05) is 32.9 Å². The number of carbonyl (C=O) groups is 1. The summed E-state index contributed by atoms with van der Waals surface area (Å²) in [7, 11) is 0. The lowest BCUT2D eigenvalue weighted by atomic mass is 10.1. The van der Waals surface area contributed by atoms with E-state index in [1.54, 1.807) is 0 Å². The van der Waals surface area contributed by atoms with Gasteiger partial charge in [0, 0.05) is 30.9 Å². The van der Waals surface area contributed by atoms with Crippen molar-refractivity contribution in [3.8, 4) is 0 Å². The summed E-state index contributed by atoms with van der Waals surface area (Å²) in [4.78, 5) is 14.7. The summed E-state index contributed by atoms with van der Waals surface area (Å²) in [6, 6.07) is 8.13. The predicted octanol–water partition coefficient (Wildman–Crippen LogP) is 2.38. The van der Waals surface area contributed by atoms with E-state index in [2.05, 4.69) is 27.7 Å². The van der Waals surface area contributed by atoms with Crippen molar-refractivity contribution >= 4 is 17.3 Å². The maximum atomic E-state index is 12.3. The summed E-state index contributed by atoms with van der Waals surface area (Å²) < 4.78 is 5.52. The first-order valence-electron chi connectivity index (χ1n) is 9.67. The molecule has 1 saturated heterocycles. The number of ether oxygens (including phenoxy) is 1. The zero-order valence-electron chi connectivity index (χ0n) is 16.0. The Hall–Kier alpha value is -1.59. The Morgan fingerprint density at radius 1 is 1.16 bits per heavy atom. The highest BCUT2D eigenvalue weighted by Gasteiger charge is 2.16. The third-order valence-electron chi connectivity index (χ3n) is 4.59. The zero-order chi connectivity index (χ0) is 18.1. The molecular formula is C20H34N3O2+. The molecule has 1 aliphatic heterocycles. The van der Waals surface area contributed by atoms with Crippen LogP contribution in [0.5, 0.6) is 0 Å². The van der Waals surface area contributed by atoms with E-state index >= 15 is 0 Å². The Balaban J connectivity index is 1.72. The van der Waals surface area contributed by atoms with Crippen molar-refractivity contribution in [2.75, 3.05) is 36.5 Å². The second-order valence-corrected chi connectivity index (χ2v) is 7.17. The summed E-state index contributed by atoms with van der Waals surface area (Å²) in [5.41, 5.74) is 2.12. The molecule has 2 rings (SSSR count). The van der Waals surface area contributed by atoms with E-state index in [0.29, 0.717) is 0 Å². The van der Waals surface area contributed by atoms with Crippen molar-refractivity contribution in [1.29, 1.82) is 0 Å². The Labute approximate surface area is 152 Å². The third-order valence-corrected chi connectivity index (χ3v) is 4.59. The number of nitrogens with two attached hydrogens (primary N) is 1. The first-order valence-corrected chi connectivity index (χ1v) is 9.67. The van der Waals surface area contributed by atoms with Gasteiger partial charge in [-0.05, 0) is 64.3 Å². The molecule has 140 valence electrons.